The van der Waals surface area contributed by atoms with Crippen molar-refractivity contribution in [3.63, 3.8) is 0 Å². The molecule has 0 spiro atoms. The molecule has 1 aliphatic heterocycles. The second-order valence-electron chi connectivity index (χ2n) is 4.52. The van der Waals surface area contributed by atoms with Gasteiger partial charge in [0.25, 0.3) is 0 Å². The van der Waals surface area contributed by atoms with Crippen LogP contribution in [0.5, 0.6) is 0 Å². The first-order valence-corrected chi connectivity index (χ1v) is 6.70. The van der Waals surface area contributed by atoms with E-state index >= 15 is 0 Å². The molecule has 1 saturated heterocycles. The first-order valence-electron chi connectivity index (χ1n) is 5.88. The largest absolute Gasteiger partial charge is 0.316 e. The first-order chi connectivity index (χ1) is 8.31. The Bertz CT molecular complexity index is 512. The molecular weight excluding hydrogens is 232 g/mol. The molecule has 1 aromatic carbocycles. The predicted octanol–water partition coefficient (Wildman–Crippen LogP) is 2.02. The lowest BCUT2D eigenvalue weighted by molar-refractivity contribution is -0.119. The zero-order chi connectivity index (χ0) is 11.7. The van der Waals surface area contributed by atoms with Crippen LogP contribution < -0.4 is 5.32 Å². The lowest BCUT2D eigenvalue weighted by Crippen LogP contribution is -2.43. The van der Waals surface area contributed by atoms with Crippen LogP contribution in [0.2, 0.25) is 0 Å². The fourth-order valence-electron chi connectivity index (χ4n) is 2.05. The highest BCUT2D eigenvalue weighted by Crippen LogP contribution is 2.22. The molecule has 1 N–H and O–H groups in total. The predicted molar refractivity (Wildman–Crippen MR) is 69.3 cm³/mol. The van der Waals surface area contributed by atoms with Crippen molar-refractivity contribution in [1.82, 2.24) is 10.3 Å². The van der Waals surface area contributed by atoms with Gasteiger partial charge in [0, 0.05) is 6.42 Å². The van der Waals surface area contributed by atoms with Crippen LogP contribution in [0.25, 0.3) is 10.2 Å². The topological polar surface area (TPSA) is 42.0 Å². The Balaban J connectivity index is 1.69. The van der Waals surface area contributed by atoms with E-state index in [2.05, 4.69) is 16.4 Å². The molecule has 17 heavy (non-hydrogen) atoms. The van der Waals surface area contributed by atoms with Crippen molar-refractivity contribution in [2.45, 2.75) is 12.8 Å². The average molecular weight is 246 g/mol. The van der Waals surface area contributed by atoms with Crippen molar-refractivity contribution >= 4 is 27.3 Å². The smallest absolute Gasteiger partial charge is 0.140 e. The van der Waals surface area contributed by atoms with Gasteiger partial charge in [-0.1, -0.05) is 12.1 Å². The van der Waals surface area contributed by atoms with E-state index in [1.54, 1.807) is 11.3 Å². The number of thiazole rings is 1. The maximum absolute atomic E-state index is 11.8. The summed E-state index contributed by atoms with van der Waals surface area (Å²) in [6.45, 7) is 1.98. The van der Waals surface area contributed by atoms with Gasteiger partial charge in [0.05, 0.1) is 16.6 Å². The second-order valence-corrected chi connectivity index (χ2v) is 5.63. The highest BCUT2D eigenvalue weighted by molar-refractivity contribution is 7.18. The van der Waals surface area contributed by atoms with Gasteiger partial charge in [0.2, 0.25) is 0 Å². The third kappa shape index (κ3) is 2.37. The Morgan fingerprint density at radius 1 is 1.41 bits per heavy atom. The van der Waals surface area contributed by atoms with E-state index in [0.717, 1.165) is 23.6 Å². The van der Waals surface area contributed by atoms with E-state index in [0.29, 0.717) is 24.5 Å². The lowest BCUT2D eigenvalue weighted by atomic mass is 9.96. The zero-order valence-corrected chi connectivity index (χ0v) is 10.3. The number of hydrogen-bond acceptors (Lipinski definition) is 4. The van der Waals surface area contributed by atoms with Crippen molar-refractivity contribution in [2.75, 3.05) is 13.1 Å². The number of rotatable bonds is 4. The highest BCUT2D eigenvalue weighted by Gasteiger charge is 2.20. The quantitative estimate of drug-likeness (QED) is 0.897. The van der Waals surface area contributed by atoms with E-state index in [1.165, 1.54) is 4.70 Å². The summed E-state index contributed by atoms with van der Waals surface area (Å²) in [5, 5.41) is 4.13. The first kappa shape index (κ1) is 10.9. The number of ketones is 1. The fraction of sp³-hybridized carbons (Fsp3) is 0.385. The number of nitrogens with zero attached hydrogens (tertiary/aromatic N) is 1. The number of carbonyl (C=O) groups excluding carboxylic acids is 1. The van der Waals surface area contributed by atoms with Crippen molar-refractivity contribution in [2.24, 2.45) is 5.92 Å². The third-order valence-electron chi connectivity index (χ3n) is 3.07. The molecule has 88 valence electrons. The van der Waals surface area contributed by atoms with Gasteiger partial charge in [-0.3, -0.25) is 4.79 Å². The number of aromatic nitrogens is 1. The van der Waals surface area contributed by atoms with Gasteiger partial charge in [-0.05, 0) is 31.1 Å². The Morgan fingerprint density at radius 2 is 2.24 bits per heavy atom. The van der Waals surface area contributed by atoms with Gasteiger partial charge in [0.1, 0.15) is 10.8 Å². The van der Waals surface area contributed by atoms with Gasteiger partial charge in [0.15, 0.2) is 0 Å². The van der Waals surface area contributed by atoms with Crippen LogP contribution in [0.15, 0.2) is 24.3 Å². The number of para-hydroxylation sites is 1. The van der Waals surface area contributed by atoms with Crippen LogP contribution in [0.3, 0.4) is 0 Å². The van der Waals surface area contributed by atoms with Crippen molar-refractivity contribution < 1.29 is 4.79 Å². The minimum atomic E-state index is 0.315. The molecule has 2 aromatic rings. The van der Waals surface area contributed by atoms with E-state index in [9.17, 15) is 4.79 Å². The van der Waals surface area contributed by atoms with Gasteiger partial charge >= 0.3 is 0 Å². The molecule has 4 heteroatoms. The van der Waals surface area contributed by atoms with Crippen LogP contribution in [-0.2, 0) is 11.2 Å². The van der Waals surface area contributed by atoms with Crippen LogP contribution in [0.4, 0.5) is 0 Å². The maximum atomic E-state index is 11.8. The molecule has 1 aliphatic rings. The summed E-state index contributed by atoms with van der Waals surface area (Å²) >= 11 is 1.63. The number of hydrogen-bond donors (Lipinski definition) is 1. The maximum Gasteiger partial charge on any atom is 0.140 e. The number of nitrogens with one attached hydrogen (secondary N) is 1. The zero-order valence-electron chi connectivity index (χ0n) is 9.48. The Morgan fingerprint density at radius 3 is 2.94 bits per heavy atom. The monoisotopic (exact) mass is 246 g/mol. The summed E-state index contributed by atoms with van der Waals surface area (Å²) < 4.78 is 1.17. The van der Waals surface area contributed by atoms with Crippen LogP contribution in [-0.4, -0.2) is 23.9 Å². The van der Waals surface area contributed by atoms with Crippen LogP contribution >= 0.6 is 11.3 Å². The SMILES string of the molecule is O=C(Cc1nc2ccccc2s1)CC1CNC1. The van der Waals surface area contributed by atoms with Gasteiger partial charge in [-0.2, -0.15) is 0 Å². The van der Waals surface area contributed by atoms with Crippen molar-refractivity contribution in [1.29, 1.82) is 0 Å². The molecule has 0 aliphatic carbocycles. The number of Topliss-reactive ketones (excluding diaryl/α,β-unsaturated/α-hetero) is 1. The molecule has 0 bridgehead atoms. The van der Waals surface area contributed by atoms with Gasteiger partial charge in [-0.15, -0.1) is 11.3 Å². The molecule has 0 saturated carbocycles. The second kappa shape index (κ2) is 4.55. The molecule has 3 nitrogen and oxygen atoms in total. The number of benzene rings is 1. The fourth-order valence-corrected chi connectivity index (χ4v) is 3.05. The molecule has 0 amide bonds. The number of carbonyl (C=O) groups is 1. The summed E-state index contributed by atoms with van der Waals surface area (Å²) in [6, 6.07) is 8.03. The number of fused-ring (bicyclic) bond motifs is 1. The summed E-state index contributed by atoms with van der Waals surface area (Å²) in [4.78, 5) is 16.3. The minimum Gasteiger partial charge on any atom is -0.316 e. The van der Waals surface area contributed by atoms with E-state index in [1.807, 2.05) is 18.2 Å². The molecule has 0 atom stereocenters. The molecule has 1 fully saturated rings. The third-order valence-corrected chi connectivity index (χ3v) is 4.11. The highest BCUT2D eigenvalue weighted by atomic mass is 32.1. The molecule has 1 aromatic heterocycles. The molecular formula is C13H14N2OS. The summed E-state index contributed by atoms with van der Waals surface area (Å²) in [7, 11) is 0. The Hall–Kier alpha value is -1.26. The summed E-state index contributed by atoms with van der Waals surface area (Å²) in [5.41, 5.74) is 1.01. The van der Waals surface area contributed by atoms with E-state index in [4.69, 9.17) is 0 Å². The molecule has 2 heterocycles. The van der Waals surface area contributed by atoms with E-state index in [-0.39, 0.29) is 0 Å². The Labute approximate surface area is 104 Å². The Kier molecular flexibility index (Phi) is 2.91. The molecule has 0 radical (unpaired) electrons. The molecule has 3 rings (SSSR count). The van der Waals surface area contributed by atoms with Crippen molar-refractivity contribution in [3.05, 3.63) is 29.3 Å². The minimum absolute atomic E-state index is 0.315. The summed E-state index contributed by atoms with van der Waals surface area (Å²) in [6.07, 6.45) is 1.19. The molecule has 0 unspecified atom stereocenters. The average Bonchev–Trinajstić information content (AvgIpc) is 2.65. The lowest BCUT2D eigenvalue weighted by Gasteiger charge is -2.26. The van der Waals surface area contributed by atoms with Gasteiger partial charge < -0.3 is 5.32 Å². The summed E-state index contributed by atoms with van der Waals surface area (Å²) in [5.74, 6) is 0.868. The van der Waals surface area contributed by atoms with Crippen molar-refractivity contribution in [3.8, 4) is 0 Å². The normalized spacial score (nSPS) is 16.0. The standard InChI is InChI=1S/C13H14N2OS/c16-10(5-9-7-14-8-9)6-13-15-11-3-1-2-4-12(11)17-13/h1-4,9,14H,5-8H2. The van der Waals surface area contributed by atoms with Crippen LogP contribution in [0.1, 0.15) is 11.4 Å². The van der Waals surface area contributed by atoms with E-state index < -0.39 is 0 Å². The van der Waals surface area contributed by atoms with Gasteiger partial charge in [-0.25, -0.2) is 4.98 Å². The van der Waals surface area contributed by atoms with Crippen LogP contribution in [0, 0.1) is 5.92 Å².